The predicted molar refractivity (Wildman–Crippen MR) is 69.3 cm³/mol. The molecule has 18 heavy (non-hydrogen) atoms. The average Bonchev–Trinajstić information content (AvgIpc) is 2.36. The van der Waals surface area contributed by atoms with E-state index in [-0.39, 0.29) is 6.54 Å². The lowest BCUT2D eigenvalue weighted by Crippen LogP contribution is -2.41. The highest BCUT2D eigenvalue weighted by Crippen LogP contribution is 2.08. The fraction of sp³-hybridized carbons (Fsp3) is 0.300. The van der Waals surface area contributed by atoms with Gasteiger partial charge in [-0.3, -0.25) is 4.79 Å². The monoisotopic (exact) mass is 291 g/mol. The van der Waals surface area contributed by atoms with E-state index in [4.69, 9.17) is 11.6 Å². The van der Waals surface area contributed by atoms with Crippen LogP contribution in [0.4, 0.5) is 0 Å². The van der Waals surface area contributed by atoms with E-state index in [1.54, 1.807) is 24.3 Å². The van der Waals surface area contributed by atoms with Crippen molar-refractivity contribution in [2.75, 3.05) is 13.6 Å². The molecule has 8 heteroatoms. The quantitative estimate of drug-likeness (QED) is 0.690. The molecule has 0 aliphatic rings. The Balaban J connectivity index is 2.36. The van der Waals surface area contributed by atoms with Crippen molar-refractivity contribution in [3.05, 3.63) is 34.9 Å². The molecule has 0 saturated carbocycles. The summed E-state index contributed by atoms with van der Waals surface area (Å²) >= 11 is 5.72. The minimum atomic E-state index is -3.58. The fourth-order valence-electron chi connectivity index (χ4n) is 1.10. The second kappa shape index (κ2) is 6.69. The van der Waals surface area contributed by atoms with Crippen LogP contribution in [0.1, 0.15) is 5.56 Å². The Morgan fingerprint density at radius 2 is 1.89 bits per heavy atom. The molecule has 0 bridgehead atoms. The molecular weight excluding hydrogens is 278 g/mol. The molecule has 3 N–H and O–H groups in total. The van der Waals surface area contributed by atoms with Gasteiger partial charge in [0.15, 0.2) is 0 Å². The molecular formula is C10H14ClN3O3S. The minimum absolute atomic E-state index is 0.309. The van der Waals surface area contributed by atoms with E-state index in [0.29, 0.717) is 11.6 Å². The van der Waals surface area contributed by atoms with Crippen molar-refractivity contribution in [3.63, 3.8) is 0 Å². The molecule has 0 atom stereocenters. The van der Waals surface area contributed by atoms with Crippen LogP contribution in [-0.2, 0) is 21.5 Å². The number of rotatable bonds is 6. The number of carbonyl (C=O) groups excluding carboxylic acids is 1. The Morgan fingerprint density at radius 1 is 1.28 bits per heavy atom. The lowest BCUT2D eigenvalue weighted by molar-refractivity contribution is -0.120. The lowest BCUT2D eigenvalue weighted by Gasteiger charge is -2.07. The minimum Gasteiger partial charge on any atom is -0.351 e. The number of carbonyl (C=O) groups is 1. The molecule has 0 saturated heterocycles. The smallest absolute Gasteiger partial charge is 0.277 e. The third-order valence-electron chi connectivity index (χ3n) is 2.09. The molecule has 0 aliphatic carbocycles. The summed E-state index contributed by atoms with van der Waals surface area (Å²) in [5.74, 6) is -0.413. The summed E-state index contributed by atoms with van der Waals surface area (Å²) in [7, 11) is -2.32. The molecule has 1 aromatic carbocycles. The molecule has 0 aromatic heterocycles. The highest BCUT2D eigenvalue weighted by atomic mass is 35.5. The van der Waals surface area contributed by atoms with Gasteiger partial charge in [-0.15, -0.1) is 0 Å². The Bertz CT molecular complexity index is 502. The van der Waals surface area contributed by atoms with Crippen LogP contribution >= 0.6 is 11.6 Å². The standard InChI is InChI=1S/C10H14ClN3O3S/c1-12-18(16,17)14-7-10(15)13-6-8-2-4-9(11)5-3-8/h2-5,12,14H,6-7H2,1H3,(H,13,15). The topological polar surface area (TPSA) is 87.3 Å². The van der Waals surface area contributed by atoms with Crippen molar-refractivity contribution in [2.45, 2.75) is 6.54 Å². The lowest BCUT2D eigenvalue weighted by atomic mass is 10.2. The number of nitrogens with one attached hydrogen (secondary N) is 3. The molecule has 0 fully saturated rings. The maximum Gasteiger partial charge on any atom is 0.277 e. The zero-order chi connectivity index (χ0) is 13.6. The zero-order valence-corrected chi connectivity index (χ0v) is 11.3. The van der Waals surface area contributed by atoms with E-state index in [2.05, 4.69) is 10.0 Å². The molecule has 1 aromatic rings. The van der Waals surface area contributed by atoms with Gasteiger partial charge in [0.05, 0.1) is 6.54 Å². The molecule has 0 radical (unpaired) electrons. The first-order valence-electron chi connectivity index (χ1n) is 5.12. The normalized spacial score (nSPS) is 11.2. The van der Waals surface area contributed by atoms with Crippen molar-refractivity contribution in [1.29, 1.82) is 0 Å². The second-order valence-electron chi connectivity index (χ2n) is 3.43. The Kier molecular flexibility index (Phi) is 5.54. The van der Waals surface area contributed by atoms with Crippen molar-refractivity contribution >= 4 is 27.7 Å². The van der Waals surface area contributed by atoms with E-state index >= 15 is 0 Å². The summed E-state index contributed by atoms with van der Waals surface area (Å²) in [5.41, 5.74) is 0.879. The van der Waals surface area contributed by atoms with Gasteiger partial charge < -0.3 is 5.32 Å². The van der Waals surface area contributed by atoms with E-state index in [1.807, 2.05) is 4.72 Å². The van der Waals surface area contributed by atoms with Gasteiger partial charge in [-0.1, -0.05) is 23.7 Å². The van der Waals surface area contributed by atoms with E-state index in [1.165, 1.54) is 7.05 Å². The first-order chi connectivity index (χ1) is 8.43. The van der Waals surface area contributed by atoms with E-state index in [9.17, 15) is 13.2 Å². The highest BCUT2D eigenvalue weighted by molar-refractivity contribution is 7.87. The number of hydrogen-bond acceptors (Lipinski definition) is 3. The SMILES string of the molecule is CNS(=O)(=O)NCC(=O)NCc1ccc(Cl)cc1. The summed E-state index contributed by atoms with van der Waals surface area (Å²) in [6.07, 6.45) is 0. The first-order valence-corrected chi connectivity index (χ1v) is 6.98. The van der Waals surface area contributed by atoms with Crippen molar-refractivity contribution < 1.29 is 13.2 Å². The van der Waals surface area contributed by atoms with E-state index in [0.717, 1.165) is 5.56 Å². The molecule has 0 heterocycles. The summed E-state index contributed by atoms with van der Waals surface area (Å²) in [6, 6.07) is 6.99. The van der Waals surface area contributed by atoms with Gasteiger partial charge in [0.1, 0.15) is 0 Å². The molecule has 0 spiro atoms. The van der Waals surface area contributed by atoms with Gasteiger partial charge in [0.25, 0.3) is 10.2 Å². The largest absolute Gasteiger partial charge is 0.351 e. The van der Waals surface area contributed by atoms with Crippen molar-refractivity contribution in [3.8, 4) is 0 Å². The third kappa shape index (κ3) is 5.46. The fourth-order valence-corrected chi connectivity index (χ4v) is 1.69. The van der Waals surface area contributed by atoms with Crippen molar-refractivity contribution in [1.82, 2.24) is 14.8 Å². The van der Waals surface area contributed by atoms with Crippen LogP contribution in [-0.4, -0.2) is 27.9 Å². The van der Waals surface area contributed by atoms with Crippen LogP contribution in [0.3, 0.4) is 0 Å². The molecule has 6 nitrogen and oxygen atoms in total. The van der Waals surface area contributed by atoms with Crippen LogP contribution in [0, 0.1) is 0 Å². The zero-order valence-electron chi connectivity index (χ0n) is 9.73. The highest BCUT2D eigenvalue weighted by Gasteiger charge is 2.08. The van der Waals surface area contributed by atoms with Crippen LogP contribution in [0.15, 0.2) is 24.3 Å². The first kappa shape index (κ1) is 14.9. The number of benzene rings is 1. The summed E-state index contributed by atoms with van der Waals surface area (Å²) < 4.78 is 26.1. The van der Waals surface area contributed by atoms with Gasteiger partial charge in [0.2, 0.25) is 5.91 Å². The van der Waals surface area contributed by atoms with Crippen LogP contribution in [0.2, 0.25) is 5.02 Å². The molecule has 0 aliphatic heterocycles. The predicted octanol–water partition coefficient (Wildman–Crippen LogP) is 0.01000. The van der Waals surface area contributed by atoms with Crippen LogP contribution in [0.5, 0.6) is 0 Å². The Labute approximate surface area is 111 Å². The number of hydrogen-bond donors (Lipinski definition) is 3. The van der Waals surface area contributed by atoms with Gasteiger partial charge in [-0.2, -0.15) is 13.1 Å². The molecule has 1 rings (SSSR count). The second-order valence-corrected chi connectivity index (χ2v) is 5.57. The van der Waals surface area contributed by atoms with Crippen LogP contribution in [0.25, 0.3) is 0 Å². The third-order valence-corrected chi connectivity index (χ3v) is 3.41. The Hall–Kier alpha value is -1.15. The molecule has 0 unspecified atom stereocenters. The number of amides is 1. The Morgan fingerprint density at radius 3 is 2.44 bits per heavy atom. The van der Waals surface area contributed by atoms with Gasteiger partial charge in [-0.25, -0.2) is 4.72 Å². The van der Waals surface area contributed by atoms with E-state index < -0.39 is 16.1 Å². The summed E-state index contributed by atoms with van der Waals surface area (Å²) in [6.45, 7) is 0.00798. The summed E-state index contributed by atoms with van der Waals surface area (Å²) in [5, 5.41) is 3.20. The van der Waals surface area contributed by atoms with Crippen molar-refractivity contribution in [2.24, 2.45) is 0 Å². The summed E-state index contributed by atoms with van der Waals surface area (Å²) in [4.78, 5) is 11.4. The maximum absolute atomic E-state index is 11.4. The molecule has 100 valence electrons. The average molecular weight is 292 g/mol. The number of halogens is 1. The van der Waals surface area contributed by atoms with Crippen LogP contribution < -0.4 is 14.8 Å². The van der Waals surface area contributed by atoms with Gasteiger partial charge in [-0.05, 0) is 17.7 Å². The maximum atomic E-state index is 11.4. The molecule has 1 amide bonds. The van der Waals surface area contributed by atoms with Gasteiger partial charge >= 0.3 is 0 Å². The van der Waals surface area contributed by atoms with Gasteiger partial charge in [0, 0.05) is 18.6 Å².